The van der Waals surface area contributed by atoms with Gasteiger partial charge in [0.2, 0.25) is 17.7 Å². The van der Waals surface area contributed by atoms with E-state index in [2.05, 4.69) is 5.32 Å². The van der Waals surface area contributed by atoms with Gasteiger partial charge in [0.15, 0.2) is 0 Å². The lowest BCUT2D eigenvalue weighted by atomic mass is 9.74. The second kappa shape index (κ2) is 11.3. The molecule has 0 bridgehead atoms. The molecule has 3 amide bonds. The van der Waals surface area contributed by atoms with Crippen molar-refractivity contribution in [3.63, 3.8) is 0 Å². The lowest BCUT2D eigenvalue weighted by Crippen LogP contribution is -2.52. The fraction of sp³-hybridized carbons (Fsp3) is 0.667. The Balaban J connectivity index is 3.00. The number of hydrogen-bond donors (Lipinski definition) is 7. The average Bonchev–Trinajstić information content (AvgIpc) is 2.68. The van der Waals surface area contributed by atoms with E-state index in [4.69, 9.17) is 9.11 Å². The molecule has 1 fully saturated rings. The van der Waals surface area contributed by atoms with Gasteiger partial charge in [-0.25, -0.2) is 0 Å². The monoisotopic (exact) mass is 517 g/mol. The summed E-state index contributed by atoms with van der Waals surface area (Å²) >= 11 is 0. The zero-order valence-electron chi connectivity index (χ0n) is 16.8. The van der Waals surface area contributed by atoms with Gasteiger partial charge >= 0.3 is 11.9 Å². The molecule has 0 aromatic rings. The molecule has 0 saturated heterocycles. The minimum absolute atomic E-state index is 0.217. The third-order valence-corrected chi connectivity index (χ3v) is 5.70. The van der Waals surface area contributed by atoms with E-state index >= 15 is 0 Å². The SMILES string of the molecule is O=C(CC(NC(=O)[C@@H]1C[C@H](C(=O)O)C[C@H](C(=O)O)C1)C(=O)NCS(=O)(=O)O)NCS(=O)(=O)O. The van der Waals surface area contributed by atoms with E-state index in [1.807, 2.05) is 0 Å². The van der Waals surface area contributed by atoms with Gasteiger partial charge in [0.1, 0.15) is 17.8 Å². The van der Waals surface area contributed by atoms with Crippen molar-refractivity contribution in [2.75, 3.05) is 11.8 Å². The number of aliphatic carboxylic acids is 2. The highest BCUT2D eigenvalue weighted by molar-refractivity contribution is 7.86. The minimum atomic E-state index is -4.68. The summed E-state index contributed by atoms with van der Waals surface area (Å²) in [6.45, 7) is 0. The predicted molar refractivity (Wildman–Crippen MR) is 105 cm³/mol. The fourth-order valence-corrected chi connectivity index (χ4v) is 3.82. The second-order valence-corrected chi connectivity index (χ2v) is 10.2. The molecule has 1 aliphatic rings. The van der Waals surface area contributed by atoms with Crippen molar-refractivity contribution < 1.29 is 60.1 Å². The standard InChI is InChI=1S/C15H23N3O13S2/c19-11(16-5-32(26,27)28)4-10(13(21)17-6-33(29,30)31)18-12(20)7-1-8(14(22)23)3-9(2-7)15(24)25/h7-10H,1-6H2,(H,16,19)(H,17,21)(H,18,20)(H,22,23)(H,24,25)(H,26,27,28)(H,29,30,31)/t7-,8+,9-,10?. The van der Waals surface area contributed by atoms with Gasteiger partial charge in [-0.05, 0) is 19.3 Å². The summed E-state index contributed by atoms with van der Waals surface area (Å²) in [5, 5.41) is 24.0. The van der Waals surface area contributed by atoms with Gasteiger partial charge in [0, 0.05) is 5.92 Å². The molecule has 1 unspecified atom stereocenters. The Bertz CT molecular complexity index is 986. The van der Waals surface area contributed by atoms with Crippen LogP contribution in [0.4, 0.5) is 0 Å². The molecular weight excluding hydrogens is 494 g/mol. The van der Waals surface area contributed by atoms with E-state index in [1.54, 1.807) is 10.6 Å². The molecule has 0 aliphatic heterocycles. The molecular formula is C15H23N3O13S2. The van der Waals surface area contributed by atoms with Crippen molar-refractivity contribution in [3.05, 3.63) is 0 Å². The molecule has 16 nitrogen and oxygen atoms in total. The van der Waals surface area contributed by atoms with E-state index in [-0.39, 0.29) is 19.3 Å². The molecule has 1 rings (SSSR count). The number of hydrogen-bond acceptors (Lipinski definition) is 9. The first-order valence-electron chi connectivity index (χ1n) is 9.19. The molecule has 1 saturated carbocycles. The van der Waals surface area contributed by atoms with Gasteiger partial charge in [0.25, 0.3) is 20.2 Å². The summed E-state index contributed by atoms with van der Waals surface area (Å²) in [7, 11) is -9.30. The van der Waals surface area contributed by atoms with Crippen molar-refractivity contribution in [1.82, 2.24) is 16.0 Å². The molecule has 18 heteroatoms. The number of nitrogens with one attached hydrogen (secondary N) is 3. The van der Waals surface area contributed by atoms with Crippen LogP contribution in [0.5, 0.6) is 0 Å². The van der Waals surface area contributed by atoms with Gasteiger partial charge in [-0.2, -0.15) is 16.8 Å². The zero-order valence-corrected chi connectivity index (χ0v) is 18.5. The van der Waals surface area contributed by atoms with Crippen LogP contribution in [-0.2, 0) is 44.2 Å². The van der Waals surface area contributed by atoms with Crippen LogP contribution in [0.15, 0.2) is 0 Å². The molecule has 0 aromatic heterocycles. The largest absolute Gasteiger partial charge is 0.481 e. The van der Waals surface area contributed by atoms with Crippen molar-refractivity contribution in [2.45, 2.75) is 31.7 Å². The number of carboxylic acid groups (broad SMARTS) is 2. The van der Waals surface area contributed by atoms with Crippen molar-refractivity contribution >= 4 is 49.9 Å². The molecule has 0 heterocycles. The molecule has 33 heavy (non-hydrogen) atoms. The first-order chi connectivity index (χ1) is 15.0. The Kier molecular flexibility index (Phi) is 9.70. The Labute approximate surface area is 187 Å². The van der Waals surface area contributed by atoms with Gasteiger partial charge < -0.3 is 26.2 Å². The van der Waals surface area contributed by atoms with E-state index in [0.29, 0.717) is 0 Å². The summed E-state index contributed by atoms with van der Waals surface area (Å²) < 4.78 is 60.5. The number of carboxylic acids is 2. The summed E-state index contributed by atoms with van der Waals surface area (Å²) in [6, 6.07) is -1.81. The minimum Gasteiger partial charge on any atom is -0.481 e. The van der Waals surface area contributed by atoms with Crippen LogP contribution in [-0.4, -0.2) is 83.6 Å². The predicted octanol–water partition coefficient (Wildman–Crippen LogP) is -3.01. The zero-order chi connectivity index (χ0) is 25.6. The smallest absolute Gasteiger partial charge is 0.306 e. The van der Waals surface area contributed by atoms with Gasteiger partial charge in [-0.1, -0.05) is 0 Å². The third-order valence-electron chi connectivity index (χ3n) is 4.68. The first-order valence-corrected chi connectivity index (χ1v) is 12.4. The Morgan fingerprint density at radius 2 is 1.18 bits per heavy atom. The topological polar surface area (TPSA) is 271 Å². The van der Waals surface area contributed by atoms with Crippen LogP contribution in [0, 0.1) is 17.8 Å². The van der Waals surface area contributed by atoms with Crippen LogP contribution in [0.3, 0.4) is 0 Å². The lowest BCUT2D eigenvalue weighted by molar-refractivity contribution is -0.150. The highest BCUT2D eigenvalue weighted by atomic mass is 32.2. The van der Waals surface area contributed by atoms with E-state index in [0.717, 1.165) is 0 Å². The van der Waals surface area contributed by atoms with Crippen molar-refractivity contribution in [2.24, 2.45) is 17.8 Å². The number of carbonyl (C=O) groups is 5. The molecule has 0 spiro atoms. The molecule has 1 aliphatic carbocycles. The Hall–Kier alpha value is -2.83. The highest BCUT2D eigenvalue weighted by Crippen LogP contribution is 2.34. The van der Waals surface area contributed by atoms with E-state index < -0.39 is 91.9 Å². The second-order valence-electron chi connectivity index (χ2n) is 7.33. The molecule has 4 atom stereocenters. The fourth-order valence-electron chi connectivity index (χ4n) is 3.15. The summed E-state index contributed by atoms with van der Waals surface area (Å²) in [5.74, 6) is -12.1. The van der Waals surface area contributed by atoms with E-state index in [1.165, 1.54) is 0 Å². The molecule has 0 radical (unpaired) electrons. The van der Waals surface area contributed by atoms with Gasteiger partial charge in [0.05, 0.1) is 18.3 Å². The molecule has 0 aromatic carbocycles. The Morgan fingerprint density at radius 1 is 0.758 bits per heavy atom. The maximum Gasteiger partial charge on any atom is 0.306 e. The highest BCUT2D eigenvalue weighted by Gasteiger charge is 2.40. The normalized spacial score (nSPS) is 21.9. The van der Waals surface area contributed by atoms with Crippen LogP contribution in [0.2, 0.25) is 0 Å². The summed E-state index contributed by atoms with van der Waals surface area (Å²) in [4.78, 5) is 59.4. The van der Waals surface area contributed by atoms with Crippen molar-refractivity contribution in [1.29, 1.82) is 0 Å². The van der Waals surface area contributed by atoms with E-state index in [9.17, 15) is 51.0 Å². The number of rotatable bonds is 11. The quantitative estimate of drug-likeness (QED) is 0.135. The van der Waals surface area contributed by atoms with Gasteiger partial charge in [-0.15, -0.1) is 0 Å². The third kappa shape index (κ3) is 10.6. The van der Waals surface area contributed by atoms with Gasteiger partial charge in [-0.3, -0.25) is 33.1 Å². The lowest BCUT2D eigenvalue weighted by Gasteiger charge is -2.31. The van der Waals surface area contributed by atoms with Crippen LogP contribution >= 0.6 is 0 Å². The maximum absolute atomic E-state index is 12.6. The Morgan fingerprint density at radius 3 is 1.61 bits per heavy atom. The number of carbonyl (C=O) groups excluding carboxylic acids is 3. The summed E-state index contributed by atoms with van der Waals surface area (Å²) in [5.41, 5.74) is 0. The molecule has 7 N–H and O–H groups in total. The van der Waals surface area contributed by atoms with Crippen molar-refractivity contribution in [3.8, 4) is 0 Å². The summed E-state index contributed by atoms with van der Waals surface area (Å²) in [6.07, 6.45) is -1.68. The maximum atomic E-state index is 12.6. The average molecular weight is 517 g/mol. The first kappa shape index (κ1) is 28.2. The van der Waals surface area contributed by atoms with Crippen LogP contribution < -0.4 is 16.0 Å². The number of amides is 3. The molecule has 188 valence electrons. The van der Waals surface area contributed by atoms with Crippen LogP contribution in [0.25, 0.3) is 0 Å². The van der Waals surface area contributed by atoms with Crippen LogP contribution in [0.1, 0.15) is 25.7 Å².